The number of anilines is 1. The van der Waals surface area contributed by atoms with Crippen LogP contribution in [0, 0.1) is 0 Å². The van der Waals surface area contributed by atoms with Crippen LogP contribution in [0.2, 0.25) is 0 Å². The van der Waals surface area contributed by atoms with Gasteiger partial charge in [0.25, 0.3) is 5.91 Å². The van der Waals surface area contributed by atoms with Crippen molar-refractivity contribution in [1.29, 1.82) is 0 Å². The van der Waals surface area contributed by atoms with E-state index in [0.29, 0.717) is 36.4 Å². The lowest BCUT2D eigenvalue weighted by Gasteiger charge is -2.42. The van der Waals surface area contributed by atoms with Crippen LogP contribution < -0.4 is 15.4 Å². The number of hydrogen-bond donors (Lipinski definition) is 2. The molecule has 8 nitrogen and oxygen atoms in total. The summed E-state index contributed by atoms with van der Waals surface area (Å²) in [6, 6.07) is 14.6. The highest BCUT2D eigenvalue weighted by Crippen LogP contribution is 2.32. The van der Waals surface area contributed by atoms with Crippen LogP contribution in [-0.4, -0.2) is 54.5 Å². The standard InChI is InChI=1S/C25H29N3O5/c1-16(29)27-18-8-11-22-20(12-18)25(31)28(2)21-10-9-19(33-23(21)15-32-22)13-24(30)26-14-17-6-4-3-5-7-17/h3-8,11-12,19,21,23H,9-10,13-15H2,1-2H3,(H,26,30)(H,27,29)/t19-,21+,23+/m0/s1. The maximum absolute atomic E-state index is 13.2. The average Bonchev–Trinajstić information content (AvgIpc) is 2.81. The summed E-state index contributed by atoms with van der Waals surface area (Å²) in [4.78, 5) is 38.7. The van der Waals surface area contributed by atoms with Gasteiger partial charge in [0.1, 0.15) is 18.5 Å². The van der Waals surface area contributed by atoms with E-state index in [4.69, 9.17) is 9.47 Å². The Morgan fingerprint density at radius 2 is 1.91 bits per heavy atom. The van der Waals surface area contributed by atoms with Gasteiger partial charge in [-0.1, -0.05) is 30.3 Å². The number of hydrogen-bond acceptors (Lipinski definition) is 5. The fourth-order valence-corrected chi connectivity index (χ4v) is 4.38. The number of ether oxygens (including phenoxy) is 2. The molecule has 0 saturated carbocycles. The van der Waals surface area contributed by atoms with Crippen molar-refractivity contribution in [2.75, 3.05) is 19.0 Å². The minimum atomic E-state index is -0.331. The molecule has 2 aliphatic heterocycles. The van der Waals surface area contributed by atoms with Crippen LogP contribution in [-0.2, 0) is 20.9 Å². The van der Waals surface area contributed by atoms with Gasteiger partial charge in [0.15, 0.2) is 0 Å². The number of nitrogens with one attached hydrogen (secondary N) is 2. The molecule has 8 heteroatoms. The molecule has 174 valence electrons. The number of rotatable bonds is 5. The summed E-state index contributed by atoms with van der Waals surface area (Å²) in [5.74, 6) is -0.00302. The first-order chi connectivity index (χ1) is 15.9. The topological polar surface area (TPSA) is 97.0 Å². The van der Waals surface area contributed by atoms with Crippen molar-refractivity contribution in [2.45, 2.75) is 51.0 Å². The van der Waals surface area contributed by atoms with Gasteiger partial charge < -0.3 is 25.0 Å². The minimum Gasteiger partial charge on any atom is -0.490 e. The van der Waals surface area contributed by atoms with E-state index in [0.717, 1.165) is 5.56 Å². The van der Waals surface area contributed by atoms with Crippen LogP contribution in [0.4, 0.5) is 5.69 Å². The van der Waals surface area contributed by atoms with Crippen LogP contribution in [0.15, 0.2) is 48.5 Å². The Labute approximate surface area is 193 Å². The molecule has 1 fully saturated rings. The SMILES string of the molecule is CC(=O)Nc1ccc2c(c1)C(=O)N(C)[C@@H]1CC[C@@H](CC(=O)NCc3ccccc3)O[C@@H]1CO2. The van der Waals surface area contributed by atoms with Gasteiger partial charge in [-0.15, -0.1) is 0 Å². The molecule has 2 aromatic carbocycles. The summed E-state index contributed by atoms with van der Waals surface area (Å²) in [6.07, 6.45) is 1.10. The van der Waals surface area contributed by atoms with Crippen LogP contribution in [0.5, 0.6) is 5.75 Å². The van der Waals surface area contributed by atoms with Gasteiger partial charge >= 0.3 is 0 Å². The van der Waals surface area contributed by atoms with E-state index in [1.165, 1.54) is 6.92 Å². The Bertz CT molecular complexity index is 1030. The Hall–Kier alpha value is -3.39. The molecular formula is C25H29N3O5. The summed E-state index contributed by atoms with van der Waals surface area (Å²) >= 11 is 0. The van der Waals surface area contributed by atoms with E-state index in [-0.39, 0.29) is 49.0 Å². The zero-order valence-corrected chi connectivity index (χ0v) is 18.9. The number of fused-ring (bicyclic) bond motifs is 2. The molecule has 2 heterocycles. The van der Waals surface area contributed by atoms with Gasteiger partial charge in [0.2, 0.25) is 11.8 Å². The van der Waals surface area contributed by atoms with Gasteiger partial charge in [-0.2, -0.15) is 0 Å². The zero-order valence-electron chi connectivity index (χ0n) is 18.9. The molecule has 3 amide bonds. The fraction of sp³-hybridized carbons (Fsp3) is 0.400. The largest absolute Gasteiger partial charge is 0.490 e. The molecule has 3 atom stereocenters. The maximum Gasteiger partial charge on any atom is 0.257 e. The van der Waals surface area contributed by atoms with Crippen molar-refractivity contribution in [3.63, 3.8) is 0 Å². The Kier molecular flexibility index (Phi) is 6.93. The van der Waals surface area contributed by atoms with Crippen LogP contribution in [0.3, 0.4) is 0 Å². The molecule has 1 saturated heterocycles. The monoisotopic (exact) mass is 451 g/mol. The number of nitrogens with zero attached hydrogens (tertiary/aromatic N) is 1. The number of carbonyl (C=O) groups excluding carboxylic acids is 3. The number of benzene rings is 2. The highest BCUT2D eigenvalue weighted by Gasteiger charge is 2.39. The summed E-state index contributed by atoms with van der Waals surface area (Å²) < 4.78 is 12.2. The molecule has 2 aliphatic rings. The molecule has 2 N–H and O–H groups in total. The number of likely N-dealkylation sites (N-methyl/N-ethyl adjacent to an activating group) is 1. The molecule has 0 aromatic heterocycles. The van der Waals surface area contributed by atoms with Gasteiger partial charge in [0.05, 0.1) is 24.1 Å². The summed E-state index contributed by atoms with van der Waals surface area (Å²) in [6.45, 7) is 2.18. The lowest BCUT2D eigenvalue weighted by Crippen LogP contribution is -2.53. The van der Waals surface area contributed by atoms with Crippen molar-refractivity contribution in [1.82, 2.24) is 10.2 Å². The molecule has 2 aromatic rings. The lowest BCUT2D eigenvalue weighted by molar-refractivity contribution is -0.134. The van der Waals surface area contributed by atoms with E-state index in [1.807, 2.05) is 30.3 Å². The Morgan fingerprint density at radius 3 is 2.67 bits per heavy atom. The maximum atomic E-state index is 13.2. The molecule has 0 unspecified atom stereocenters. The van der Waals surface area contributed by atoms with Crippen molar-refractivity contribution in [3.05, 3.63) is 59.7 Å². The predicted octanol–water partition coefficient (Wildman–Crippen LogP) is 2.73. The number of carbonyl (C=O) groups is 3. The van der Waals surface area contributed by atoms with E-state index >= 15 is 0 Å². The van der Waals surface area contributed by atoms with Crippen molar-refractivity contribution in [2.24, 2.45) is 0 Å². The molecule has 4 rings (SSSR count). The van der Waals surface area contributed by atoms with Crippen LogP contribution >= 0.6 is 0 Å². The molecular weight excluding hydrogens is 422 g/mol. The van der Waals surface area contributed by atoms with Gasteiger partial charge in [0, 0.05) is 26.2 Å². The highest BCUT2D eigenvalue weighted by molar-refractivity contribution is 5.99. The third kappa shape index (κ3) is 5.51. The zero-order chi connectivity index (χ0) is 23.4. The summed E-state index contributed by atoms with van der Waals surface area (Å²) in [7, 11) is 1.76. The first kappa shape index (κ1) is 22.8. The first-order valence-electron chi connectivity index (χ1n) is 11.2. The van der Waals surface area contributed by atoms with Gasteiger partial charge in [-0.05, 0) is 36.6 Å². The third-order valence-electron chi connectivity index (χ3n) is 6.08. The minimum absolute atomic E-state index is 0.0608. The fourth-order valence-electron chi connectivity index (χ4n) is 4.38. The van der Waals surface area contributed by atoms with Crippen LogP contribution in [0.25, 0.3) is 0 Å². The highest BCUT2D eigenvalue weighted by atomic mass is 16.5. The summed E-state index contributed by atoms with van der Waals surface area (Å²) in [5.41, 5.74) is 2.00. The van der Waals surface area contributed by atoms with Gasteiger partial charge in [-0.25, -0.2) is 0 Å². The second-order valence-corrected chi connectivity index (χ2v) is 8.53. The van der Waals surface area contributed by atoms with Crippen molar-refractivity contribution >= 4 is 23.4 Å². The smallest absolute Gasteiger partial charge is 0.257 e. The second kappa shape index (κ2) is 10.0. The number of amides is 3. The first-order valence-corrected chi connectivity index (χ1v) is 11.2. The van der Waals surface area contributed by atoms with E-state index in [2.05, 4.69) is 10.6 Å². The molecule has 0 aliphatic carbocycles. The van der Waals surface area contributed by atoms with E-state index < -0.39 is 0 Å². The van der Waals surface area contributed by atoms with E-state index in [9.17, 15) is 14.4 Å². The quantitative estimate of drug-likeness (QED) is 0.729. The molecule has 0 radical (unpaired) electrons. The van der Waals surface area contributed by atoms with Crippen molar-refractivity contribution in [3.8, 4) is 5.75 Å². The Balaban J connectivity index is 1.39. The van der Waals surface area contributed by atoms with Crippen LogP contribution in [0.1, 0.15) is 42.1 Å². The molecule has 33 heavy (non-hydrogen) atoms. The third-order valence-corrected chi connectivity index (χ3v) is 6.08. The van der Waals surface area contributed by atoms with Gasteiger partial charge in [-0.3, -0.25) is 14.4 Å². The molecule has 0 spiro atoms. The Morgan fingerprint density at radius 1 is 1.12 bits per heavy atom. The predicted molar refractivity (Wildman–Crippen MR) is 123 cm³/mol. The summed E-state index contributed by atoms with van der Waals surface area (Å²) in [5, 5.41) is 5.64. The average molecular weight is 452 g/mol. The molecule has 0 bridgehead atoms. The van der Waals surface area contributed by atoms with E-state index in [1.54, 1.807) is 30.1 Å². The lowest BCUT2D eigenvalue weighted by atomic mass is 9.94. The second-order valence-electron chi connectivity index (χ2n) is 8.53. The van der Waals surface area contributed by atoms with Crippen molar-refractivity contribution < 1.29 is 23.9 Å². The normalized spacial score (nSPS) is 22.2.